The number of carbonyl (C=O) groups is 1. The number of hydrogen-bond donors (Lipinski definition) is 1. The Bertz CT molecular complexity index is 950. The number of carbonyl (C=O) groups excluding carboxylic acids is 1. The fourth-order valence-corrected chi connectivity index (χ4v) is 3.94. The van der Waals surface area contributed by atoms with Crippen LogP contribution in [0.5, 0.6) is 0 Å². The van der Waals surface area contributed by atoms with E-state index < -0.39 is 21.7 Å². The second-order valence-electron chi connectivity index (χ2n) is 7.55. The lowest BCUT2D eigenvalue weighted by atomic mass is 9.87. The minimum Gasteiger partial charge on any atom is -0.325 e. The third kappa shape index (κ3) is 5.14. The summed E-state index contributed by atoms with van der Waals surface area (Å²) in [6.07, 6.45) is 0. The number of halogens is 1. The van der Waals surface area contributed by atoms with Gasteiger partial charge in [-0.25, -0.2) is 12.8 Å². The Morgan fingerprint density at radius 3 is 2.41 bits per heavy atom. The van der Waals surface area contributed by atoms with Gasteiger partial charge in [-0.3, -0.25) is 4.79 Å². The Morgan fingerprint density at radius 1 is 1.15 bits per heavy atom. The number of hydrogen-bond acceptors (Lipinski definition) is 3. The van der Waals surface area contributed by atoms with E-state index >= 15 is 0 Å². The van der Waals surface area contributed by atoms with Crippen LogP contribution in [0.25, 0.3) is 0 Å². The van der Waals surface area contributed by atoms with Crippen molar-refractivity contribution in [2.24, 2.45) is 0 Å². The second-order valence-corrected chi connectivity index (χ2v) is 9.56. The van der Waals surface area contributed by atoms with Gasteiger partial charge in [0.25, 0.3) is 0 Å². The summed E-state index contributed by atoms with van der Waals surface area (Å²) in [6, 6.07) is 10.8. The summed E-state index contributed by atoms with van der Waals surface area (Å²) in [6.45, 7) is 7.36. The van der Waals surface area contributed by atoms with Crippen molar-refractivity contribution in [3.05, 3.63) is 59.4 Å². The van der Waals surface area contributed by atoms with Crippen molar-refractivity contribution in [1.82, 2.24) is 4.31 Å². The van der Waals surface area contributed by atoms with Gasteiger partial charge >= 0.3 is 0 Å². The molecule has 0 atom stereocenters. The summed E-state index contributed by atoms with van der Waals surface area (Å²) in [7, 11) is -2.50. The highest BCUT2D eigenvalue weighted by atomic mass is 32.2. The number of nitrogens with one attached hydrogen (secondary N) is 1. The third-order valence-electron chi connectivity index (χ3n) is 4.22. The predicted octanol–water partition coefficient (Wildman–Crippen LogP) is 3.69. The van der Waals surface area contributed by atoms with Gasteiger partial charge in [0.1, 0.15) is 5.82 Å². The Kier molecular flexibility index (Phi) is 6.07. The molecule has 0 saturated heterocycles. The molecule has 1 N–H and O–H groups in total. The monoisotopic (exact) mass is 392 g/mol. The minimum absolute atomic E-state index is 0.177. The van der Waals surface area contributed by atoms with Crippen LogP contribution < -0.4 is 5.32 Å². The first-order valence-electron chi connectivity index (χ1n) is 8.54. The highest BCUT2D eigenvalue weighted by molar-refractivity contribution is 7.89. The van der Waals surface area contributed by atoms with Gasteiger partial charge in [0.2, 0.25) is 15.9 Å². The van der Waals surface area contributed by atoms with Gasteiger partial charge in [-0.2, -0.15) is 4.31 Å². The normalized spacial score (nSPS) is 12.3. The molecular weight excluding hydrogens is 367 g/mol. The molecule has 0 aromatic heterocycles. The molecule has 27 heavy (non-hydrogen) atoms. The molecule has 0 unspecified atom stereocenters. The van der Waals surface area contributed by atoms with Gasteiger partial charge in [-0.15, -0.1) is 0 Å². The van der Waals surface area contributed by atoms with Gasteiger partial charge in [0, 0.05) is 12.7 Å². The van der Waals surface area contributed by atoms with Crippen LogP contribution in [-0.2, 0) is 20.2 Å². The van der Waals surface area contributed by atoms with E-state index in [-0.39, 0.29) is 22.5 Å². The summed E-state index contributed by atoms with van der Waals surface area (Å²) in [5.74, 6) is -1.03. The number of anilines is 1. The van der Waals surface area contributed by atoms with E-state index in [2.05, 4.69) is 5.32 Å². The average Bonchev–Trinajstić information content (AvgIpc) is 2.53. The lowest BCUT2D eigenvalue weighted by molar-refractivity contribution is -0.116. The van der Waals surface area contributed by atoms with Crippen molar-refractivity contribution < 1.29 is 17.6 Å². The minimum atomic E-state index is -3.85. The van der Waals surface area contributed by atoms with Crippen LogP contribution >= 0.6 is 0 Å². The van der Waals surface area contributed by atoms with Crippen molar-refractivity contribution in [3.8, 4) is 0 Å². The molecule has 2 aromatic rings. The fourth-order valence-electron chi connectivity index (χ4n) is 2.57. The SMILES string of the molecule is Cc1ccc(C(C)(C)C)cc1S(=O)(=O)N(C)CC(=O)Nc1cccc(F)c1. The van der Waals surface area contributed by atoms with Crippen molar-refractivity contribution in [1.29, 1.82) is 0 Å². The molecular formula is C20H25FN2O3S. The van der Waals surface area contributed by atoms with Gasteiger partial charge in [0.05, 0.1) is 11.4 Å². The molecule has 0 heterocycles. The van der Waals surface area contributed by atoms with Crippen molar-refractivity contribution >= 4 is 21.6 Å². The number of likely N-dealkylation sites (N-methyl/N-ethyl adjacent to an activating group) is 1. The van der Waals surface area contributed by atoms with E-state index in [4.69, 9.17) is 0 Å². The van der Waals surface area contributed by atoms with E-state index in [1.165, 1.54) is 31.3 Å². The van der Waals surface area contributed by atoms with Crippen LogP contribution in [-0.4, -0.2) is 32.2 Å². The van der Waals surface area contributed by atoms with E-state index in [1.54, 1.807) is 19.1 Å². The zero-order valence-electron chi connectivity index (χ0n) is 16.2. The first kappa shape index (κ1) is 21.1. The maximum absolute atomic E-state index is 13.2. The zero-order chi connectivity index (χ0) is 20.4. The predicted molar refractivity (Wildman–Crippen MR) is 105 cm³/mol. The van der Waals surface area contributed by atoms with Crippen LogP contribution in [0.4, 0.5) is 10.1 Å². The molecule has 0 aliphatic rings. The van der Waals surface area contributed by atoms with Crippen LogP contribution in [0.1, 0.15) is 31.9 Å². The number of benzene rings is 2. The van der Waals surface area contributed by atoms with Crippen LogP contribution in [0, 0.1) is 12.7 Å². The van der Waals surface area contributed by atoms with Crippen molar-refractivity contribution in [2.75, 3.05) is 18.9 Å². The largest absolute Gasteiger partial charge is 0.325 e. The molecule has 5 nitrogen and oxygen atoms in total. The Labute approximate surface area is 160 Å². The Morgan fingerprint density at radius 2 is 1.81 bits per heavy atom. The Hall–Kier alpha value is -2.25. The lowest BCUT2D eigenvalue weighted by Gasteiger charge is -2.23. The van der Waals surface area contributed by atoms with E-state index in [1.807, 2.05) is 26.8 Å². The molecule has 0 aliphatic carbocycles. The van der Waals surface area contributed by atoms with Gasteiger partial charge in [0.15, 0.2) is 0 Å². The standard InChI is InChI=1S/C20H25FN2O3S/c1-14-9-10-15(20(2,3)4)11-18(14)27(25,26)23(5)13-19(24)22-17-8-6-7-16(21)12-17/h6-12H,13H2,1-5H3,(H,22,24). The summed E-state index contributed by atoms with van der Waals surface area (Å²) in [5, 5.41) is 2.50. The van der Waals surface area contributed by atoms with E-state index in [9.17, 15) is 17.6 Å². The number of amides is 1. The van der Waals surface area contributed by atoms with Gasteiger partial charge < -0.3 is 5.32 Å². The second kappa shape index (κ2) is 7.78. The number of nitrogens with zero attached hydrogens (tertiary/aromatic N) is 1. The number of aryl methyl sites for hydroxylation is 1. The zero-order valence-corrected chi connectivity index (χ0v) is 17.0. The molecule has 0 radical (unpaired) electrons. The molecule has 0 fully saturated rings. The molecule has 0 bridgehead atoms. The van der Waals surface area contributed by atoms with Crippen molar-refractivity contribution in [3.63, 3.8) is 0 Å². The number of rotatable bonds is 5. The quantitative estimate of drug-likeness (QED) is 0.844. The molecule has 146 valence electrons. The highest BCUT2D eigenvalue weighted by Gasteiger charge is 2.26. The molecule has 0 aliphatic heterocycles. The summed E-state index contributed by atoms with van der Waals surface area (Å²) >= 11 is 0. The average molecular weight is 392 g/mol. The topological polar surface area (TPSA) is 66.5 Å². The summed E-state index contributed by atoms with van der Waals surface area (Å²) in [5.41, 5.74) is 1.58. The molecule has 2 aromatic carbocycles. The van der Waals surface area contributed by atoms with E-state index in [0.717, 1.165) is 9.87 Å². The molecule has 0 saturated carbocycles. The van der Waals surface area contributed by atoms with E-state index in [0.29, 0.717) is 5.56 Å². The van der Waals surface area contributed by atoms with Gasteiger partial charge in [-0.1, -0.05) is 39.0 Å². The first-order chi connectivity index (χ1) is 12.4. The fraction of sp³-hybridized carbons (Fsp3) is 0.350. The molecule has 1 amide bonds. The van der Waals surface area contributed by atoms with Crippen LogP contribution in [0.3, 0.4) is 0 Å². The Balaban J connectivity index is 2.22. The number of sulfonamides is 1. The van der Waals surface area contributed by atoms with Crippen LogP contribution in [0.15, 0.2) is 47.4 Å². The lowest BCUT2D eigenvalue weighted by Crippen LogP contribution is -2.35. The molecule has 2 rings (SSSR count). The van der Waals surface area contributed by atoms with Crippen molar-refractivity contribution in [2.45, 2.75) is 38.0 Å². The molecule has 0 spiro atoms. The third-order valence-corrected chi connectivity index (χ3v) is 6.16. The first-order valence-corrected chi connectivity index (χ1v) is 9.98. The highest BCUT2D eigenvalue weighted by Crippen LogP contribution is 2.28. The summed E-state index contributed by atoms with van der Waals surface area (Å²) in [4.78, 5) is 12.4. The molecule has 7 heteroatoms. The van der Waals surface area contributed by atoms with Gasteiger partial charge in [-0.05, 0) is 47.7 Å². The smallest absolute Gasteiger partial charge is 0.243 e. The maximum Gasteiger partial charge on any atom is 0.243 e. The summed E-state index contributed by atoms with van der Waals surface area (Å²) < 4.78 is 40.1. The maximum atomic E-state index is 13.2. The van der Waals surface area contributed by atoms with Crippen LogP contribution in [0.2, 0.25) is 0 Å².